The highest BCUT2D eigenvalue weighted by molar-refractivity contribution is 6.23. The van der Waals surface area contributed by atoms with Crippen LogP contribution in [0.25, 0.3) is 110 Å². The van der Waals surface area contributed by atoms with Gasteiger partial charge in [-0.15, -0.1) is 0 Å². The summed E-state index contributed by atoms with van der Waals surface area (Å²) in [6.07, 6.45) is 0. The molecule has 0 fully saturated rings. The Bertz CT molecular complexity index is 3450. The number of hydrogen-bond donors (Lipinski definition) is 0. The summed E-state index contributed by atoms with van der Waals surface area (Å²) in [6.45, 7) is 0. The molecule has 1 aromatic heterocycles. The average molecular weight is 736 g/mol. The minimum absolute atomic E-state index is 0.645. The van der Waals surface area contributed by atoms with E-state index in [4.69, 9.17) is 9.97 Å². The molecule has 0 spiro atoms. The van der Waals surface area contributed by atoms with Gasteiger partial charge in [-0.2, -0.15) is 5.26 Å². The third-order valence-corrected chi connectivity index (χ3v) is 11.5. The summed E-state index contributed by atoms with van der Waals surface area (Å²) in [5, 5.41) is 21.4. The largest absolute Gasteiger partial charge is 0.228 e. The van der Waals surface area contributed by atoms with Crippen molar-refractivity contribution in [2.75, 3.05) is 0 Å². The van der Waals surface area contributed by atoms with Gasteiger partial charge in [-0.25, -0.2) is 9.97 Å². The molecule has 11 rings (SSSR count). The molecule has 0 aliphatic heterocycles. The van der Waals surface area contributed by atoms with Crippen molar-refractivity contribution in [1.29, 1.82) is 5.26 Å². The van der Waals surface area contributed by atoms with Gasteiger partial charge in [0.2, 0.25) is 0 Å². The Labute approximate surface area is 335 Å². The lowest BCUT2D eigenvalue weighted by molar-refractivity contribution is 1.19. The molecule has 10 aromatic carbocycles. The number of rotatable bonds is 5. The van der Waals surface area contributed by atoms with Crippen LogP contribution in [0.15, 0.2) is 200 Å². The van der Waals surface area contributed by atoms with Gasteiger partial charge in [-0.1, -0.05) is 176 Å². The van der Waals surface area contributed by atoms with Crippen LogP contribution in [0.5, 0.6) is 0 Å². The number of fused-ring (bicyclic) bond motifs is 6. The van der Waals surface area contributed by atoms with E-state index >= 15 is 0 Å². The molecule has 3 nitrogen and oxygen atoms in total. The van der Waals surface area contributed by atoms with Crippen molar-refractivity contribution in [3.05, 3.63) is 206 Å². The summed E-state index contributed by atoms with van der Waals surface area (Å²) in [4.78, 5) is 10.6. The Morgan fingerprint density at radius 1 is 0.328 bits per heavy atom. The van der Waals surface area contributed by atoms with Crippen molar-refractivity contribution in [2.45, 2.75) is 0 Å². The van der Waals surface area contributed by atoms with Crippen molar-refractivity contribution in [3.8, 4) is 62.2 Å². The van der Waals surface area contributed by atoms with E-state index in [0.717, 1.165) is 55.4 Å². The third-order valence-electron chi connectivity index (χ3n) is 11.5. The Kier molecular flexibility index (Phi) is 7.88. The second-order valence-corrected chi connectivity index (χ2v) is 14.8. The number of nitrogens with zero attached hydrogens (tertiary/aromatic N) is 3. The molecule has 0 unspecified atom stereocenters. The molecule has 0 amide bonds. The maximum Gasteiger partial charge on any atom is 0.160 e. The molecule has 0 radical (unpaired) electrons. The monoisotopic (exact) mass is 735 g/mol. The first-order chi connectivity index (χ1) is 28.7. The second-order valence-electron chi connectivity index (χ2n) is 14.8. The van der Waals surface area contributed by atoms with Crippen LogP contribution in [0, 0.1) is 11.3 Å². The van der Waals surface area contributed by atoms with Gasteiger partial charge in [0.25, 0.3) is 0 Å². The number of aromatic nitrogens is 2. The van der Waals surface area contributed by atoms with Gasteiger partial charge in [0, 0.05) is 16.7 Å². The zero-order valence-corrected chi connectivity index (χ0v) is 31.4. The molecule has 0 atom stereocenters. The molecule has 3 heteroatoms. The Morgan fingerprint density at radius 2 is 0.845 bits per heavy atom. The minimum Gasteiger partial charge on any atom is -0.228 e. The van der Waals surface area contributed by atoms with Gasteiger partial charge in [-0.05, 0) is 100 Å². The zero-order chi connectivity index (χ0) is 38.6. The van der Waals surface area contributed by atoms with Gasteiger partial charge in [-0.3, -0.25) is 0 Å². The molecule has 58 heavy (non-hydrogen) atoms. The van der Waals surface area contributed by atoms with Crippen LogP contribution in [-0.2, 0) is 0 Å². The fourth-order valence-corrected chi connectivity index (χ4v) is 8.79. The normalized spacial score (nSPS) is 11.4. The summed E-state index contributed by atoms with van der Waals surface area (Å²) in [5.41, 5.74) is 10.0. The number of benzene rings is 10. The molecule has 0 N–H and O–H groups in total. The zero-order valence-electron chi connectivity index (χ0n) is 31.4. The fourth-order valence-electron chi connectivity index (χ4n) is 8.79. The van der Waals surface area contributed by atoms with Crippen molar-refractivity contribution in [1.82, 2.24) is 9.97 Å². The van der Waals surface area contributed by atoms with E-state index in [9.17, 15) is 5.26 Å². The summed E-state index contributed by atoms with van der Waals surface area (Å²) >= 11 is 0. The fraction of sp³-hybridized carbons (Fsp3) is 0. The van der Waals surface area contributed by atoms with E-state index in [1.807, 2.05) is 42.5 Å². The highest BCUT2D eigenvalue weighted by Crippen LogP contribution is 2.44. The predicted molar refractivity (Wildman–Crippen MR) is 241 cm³/mol. The molecular weight excluding hydrogens is 703 g/mol. The van der Waals surface area contributed by atoms with Gasteiger partial charge in [0.1, 0.15) is 0 Å². The van der Waals surface area contributed by atoms with Crippen LogP contribution in [-0.4, -0.2) is 9.97 Å². The Morgan fingerprint density at radius 3 is 1.50 bits per heavy atom. The third kappa shape index (κ3) is 5.51. The summed E-state index contributed by atoms with van der Waals surface area (Å²) in [6, 6.07) is 72.9. The van der Waals surface area contributed by atoms with Crippen LogP contribution in [0.1, 0.15) is 5.56 Å². The second kappa shape index (κ2) is 13.7. The van der Waals surface area contributed by atoms with E-state index in [1.165, 1.54) is 48.8 Å². The Balaban J connectivity index is 1.14. The van der Waals surface area contributed by atoms with Crippen LogP contribution in [0.4, 0.5) is 0 Å². The van der Waals surface area contributed by atoms with E-state index in [-0.39, 0.29) is 0 Å². The Hall–Kier alpha value is -7.93. The highest BCUT2D eigenvalue weighted by atomic mass is 14.9. The first kappa shape index (κ1) is 33.4. The molecule has 0 saturated carbocycles. The van der Waals surface area contributed by atoms with Crippen LogP contribution < -0.4 is 0 Å². The van der Waals surface area contributed by atoms with Crippen molar-refractivity contribution < 1.29 is 0 Å². The van der Waals surface area contributed by atoms with Crippen molar-refractivity contribution in [3.63, 3.8) is 0 Å². The highest BCUT2D eigenvalue weighted by Gasteiger charge is 2.19. The van der Waals surface area contributed by atoms with Gasteiger partial charge in [0.05, 0.1) is 23.0 Å². The van der Waals surface area contributed by atoms with Crippen LogP contribution >= 0.6 is 0 Å². The number of hydrogen-bond acceptors (Lipinski definition) is 3. The standard InChI is InChI=1S/C55H33N3/c56-34-35-22-24-37(25-23-35)41-28-29-47(44-19-9-8-18-43(41)44)52-33-53(58-55(57-52)38-13-2-1-3-14-38)48-30-31-49(46-21-11-10-20-45(46)48)54-42-17-7-5-15-39(42)32-51-40-16-6-4-12-36(40)26-27-50(51)54/h1-33H. The molecule has 268 valence electrons. The molecule has 11 aromatic rings. The van der Waals surface area contributed by atoms with E-state index in [0.29, 0.717) is 11.4 Å². The molecule has 1 heterocycles. The summed E-state index contributed by atoms with van der Waals surface area (Å²) in [5.74, 6) is 0.674. The van der Waals surface area contributed by atoms with Gasteiger partial charge >= 0.3 is 0 Å². The lowest BCUT2D eigenvalue weighted by atomic mass is 9.86. The first-order valence-corrected chi connectivity index (χ1v) is 19.5. The van der Waals surface area contributed by atoms with Gasteiger partial charge in [0.15, 0.2) is 5.82 Å². The molecular formula is C55H33N3. The van der Waals surface area contributed by atoms with Crippen molar-refractivity contribution >= 4 is 53.9 Å². The summed E-state index contributed by atoms with van der Waals surface area (Å²) < 4.78 is 0. The molecule has 0 aliphatic rings. The lowest BCUT2D eigenvalue weighted by Gasteiger charge is -2.18. The lowest BCUT2D eigenvalue weighted by Crippen LogP contribution is -1.97. The molecule has 0 bridgehead atoms. The van der Waals surface area contributed by atoms with E-state index < -0.39 is 0 Å². The predicted octanol–water partition coefficient (Wildman–Crippen LogP) is 14.4. The summed E-state index contributed by atoms with van der Waals surface area (Å²) in [7, 11) is 0. The van der Waals surface area contributed by atoms with Gasteiger partial charge < -0.3 is 0 Å². The van der Waals surface area contributed by atoms with E-state index in [2.05, 4.69) is 164 Å². The minimum atomic E-state index is 0.645. The SMILES string of the molecule is N#Cc1ccc(-c2ccc(-c3cc(-c4ccc(-c5c6ccccc6cc6c5ccc5ccccc56)c5ccccc45)nc(-c4ccccc4)n3)c3ccccc23)cc1. The average Bonchev–Trinajstić information content (AvgIpc) is 3.30. The quantitative estimate of drug-likeness (QED) is 0.131. The van der Waals surface area contributed by atoms with Crippen LogP contribution in [0.2, 0.25) is 0 Å². The smallest absolute Gasteiger partial charge is 0.160 e. The molecule has 0 aliphatic carbocycles. The maximum absolute atomic E-state index is 9.41. The topological polar surface area (TPSA) is 49.6 Å². The van der Waals surface area contributed by atoms with Crippen molar-refractivity contribution in [2.24, 2.45) is 0 Å². The maximum atomic E-state index is 9.41. The number of nitriles is 1. The molecule has 0 saturated heterocycles. The van der Waals surface area contributed by atoms with E-state index in [1.54, 1.807) is 0 Å². The van der Waals surface area contributed by atoms with Crippen LogP contribution in [0.3, 0.4) is 0 Å². The first-order valence-electron chi connectivity index (χ1n) is 19.5.